The molecule has 0 saturated carbocycles. The lowest BCUT2D eigenvalue weighted by atomic mass is 10.1. The SMILES string of the molecule is Cc1cc([C@@H](O)CN)ccc1NC(=O)OC(C)(C)C. The number of hydrogen-bond donors (Lipinski definition) is 3. The van der Waals surface area contributed by atoms with E-state index in [1.54, 1.807) is 39.0 Å². The molecule has 0 radical (unpaired) electrons. The van der Waals surface area contributed by atoms with Gasteiger partial charge in [0.05, 0.1) is 6.10 Å². The van der Waals surface area contributed by atoms with Crippen molar-refractivity contribution in [3.63, 3.8) is 0 Å². The van der Waals surface area contributed by atoms with Crippen LogP contribution in [0, 0.1) is 6.92 Å². The molecule has 4 N–H and O–H groups in total. The van der Waals surface area contributed by atoms with Crippen LogP contribution in [0.2, 0.25) is 0 Å². The normalized spacial score (nSPS) is 12.9. The van der Waals surface area contributed by atoms with Crippen molar-refractivity contribution in [2.24, 2.45) is 5.73 Å². The molecule has 1 aromatic rings. The zero-order valence-corrected chi connectivity index (χ0v) is 11.9. The maximum absolute atomic E-state index is 11.7. The molecule has 0 aliphatic rings. The van der Waals surface area contributed by atoms with Gasteiger partial charge in [-0.2, -0.15) is 0 Å². The summed E-state index contributed by atoms with van der Waals surface area (Å²) < 4.78 is 5.18. The highest BCUT2D eigenvalue weighted by atomic mass is 16.6. The Bertz CT molecular complexity index is 452. The largest absolute Gasteiger partial charge is 0.444 e. The van der Waals surface area contributed by atoms with Gasteiger partial charge in [-0.15, -0.1) is 0 Å². The van der Waals surface area contributed by atoms with Crippen LogP contribution >= 0.6 is 0 Å². The Labute approximate surface area is 113 Å². The predicted molar refractivity (Wildman–Crippen MR) is 75.0 cm³/mol. The van der Waals surface area contributed by atoms with Gasteiger partial charge in [0.15, 0.2) is 0 Å². The van der Waals surface area contributed by atoms with E-state index in [0.717, 1.165) is 11.1 Å². The summed E-state index contributed by atoms with van der Waals surface area (Å²) in [6.07, 6.45) is -1.18. The van der Waals surface area contributed by atoms with Crippen molar-refractivity contribution in [1.82, 2.24) is 0 Å². The Morgan fingerprint density at radius 2 is 2.11 bits per heavy atom. The molecule has 106 valence electrons. The number of ether oxygens (including phenoxy) is 1. The number of carbonyl (C=O) groups is 1. The molecule has 5 heteroatoms. The van der Waals surface area contributed by atoms with Crippen molar-refractivity contribution < 1.29 is 14.6 Å². The van der Waals surface area contributed by atoms with Crippen molar-refractivity contribution >= 4 is 11.8 Å². The number of nitrogens with two attached hydrogens (primary N) is 1. The summed E-state index contributed by atoms with van der Waals surface area (Å²) in [6, 6.07) is 5.26. The van der Waals surface area contributed by atoms with E-state index < -0.39 is 17.8 Å². The third kappa shape index (κ3) is 4.89. The average molecular weight is 266 g/mol. The number of aliphatic hydroxyl groups is 1. The van der Waals surface area contributed by atoms with Crippen LogP contribution in [-0.4, -0.2) is 23.3 Å². The van der Waals surface area contributed by atoms with Crippen molar-refractivity contribution in [1.29, 1.82) is 0 Å². The van der Waals surface area contributed by atoms with Crippen LogP contribution < -0.4 is 11.1 Å². The smallest absolute Gasteiger partial charge is 0.412 e. The summed E-state index contributed by atoms with van der Waals surface area (Å²) in [5.74, 6) is 0. The number of aryl methyl sites for hydroxylation is 1. The minimum Gasteiger partial charge on any atom is -0.444 e. The van der Waals surface area contributed by atoms with E-state index in [9.17, 15) is 9.90 Å². The molecule has 1 aromatic carbocycles. The molecular weight excluding hydrogens is 244 g/mol. The Kier molecular flexibility index (Phi) is 4.91. The lowest BCUT2D eigenvalue weighted by Gasteiger charge is -2.20. The first-order valence-electron chi connectivity index (χ1n) is 6.21. The van der Waals surface area contributed by atoms with Gasteiger partial charge in [0.1, 0.15) is 5.60 Å². The molecule has 0 saturated heterocycles. The van der Waals surface area contributed by atoms with Crippen molar-refractivity contribution in [2.45, 2.75) is 39.4 Å². The van der Waals surface area contributed by atoms with Crippen molar-refractivity contribution in [2.75, 3.05) is 11.9 Å². The predicted octanol–water partition coefficient (Wildman–Crippen LogP) is 2.33. The van der Waals surface area contributed by atoms with Gasteiger partial charge >= 0.3 is 6.09 Å². The topological polar surface area (TPSA) is 84.6 Å². The second kappa shape index (κ2) is 6.04. The Balaban J connectivity index is 2.78. The van der Waals surface area contributed by atoms with E-state index >= 15 is 0 Å². The second-order valence-corrected chi connectivity index (χ2v) is 5.45. The molecule has 1 rings (SSSR count). The summed E-state index contributed by atoms with van der Waals surface area (Å²) >= 11 is 0. The van der Waals surface area contributed by atoms with Crippen molar-refractivity contribution in [3.05, 3.63) is 29.3 Å². The zero-order valence-electron chi connectivity index (χ0n) is 11.9. The maximum atomic E-state index is 11.7. The molecule has 0 bridgehead atoms. The van der Waals surface area contributed by atoms with Crippen LogP contribution in [0.3, 0.4) is 0 Å². The van der Waals surface area contributed by atoms with Gasteiger partial charge in [-0.25, -0.2) is 4.79 Å². The number of aliphatic hydroxyl groups excluding tert-OH is 1. The fourth-order valence-corrected chi connectivity index (χ4v) is 1.58. The van der Waals surface area contributed by atoms with Gasteiger partial charge < -0.3 is 15.6 Å². The summed E-state index contributed by atoms with van der Waals surface area (Å²) in [6.45, 7) is 7.43. The Hall–Kier alpha value is -1.59. The molecule has 19 heavy (non-hydrogen) atoms. The maximum Gasteiger partial charge on any atom is 0.412 e. The van der Waals surface area contributed by atoms with E-state index in [1.807, 2.05) is 6.92 Å². The van der Waals surface area contributed by atoms with E-state index in [1.165, 1.54) is 0 Å². The summed E-state index contributed by atoms with van der Waals surface area (Å²) in [5.41, 5.74) is 7.10. The molecule has 0 aliphatic heterocycles. The molecule has 1 amide bonds. The summed E-state index contributed by atoms with van der Waals surface area (Å²) in [7, 11) is 0. The average Bonchev–Trinajstić information content (AvgIpc) is 2.28. The molecule has 0 aliphatic carbocycles. The third-order valence-corrected chi connectivity index (χ3v) is 2.49. The molecule has 1 atom stereocenters. The fourth-order valence-electron chi connectivity index (χ4n) is 1.58. The van der Waals surface area contributed by atoms with Crippen LogP contribution in [0.5, 0.6) is 0 Å². The van der Waals surface area contributed by atoms with Crippen LogP contribution in [0.1, 0.15) is 38.0 Å². The summed E-state index contributed by atoms with van der Waals surface area (Å²) in [4.78, 5) is 11.7. The summed E-state index contributed by atoms with van der Waals surface area (Å²) in [5, 5.41) is 12.3. The third-order valence-electron chi connectivity index (χ3n) is 2.49. The second-order valence-electron chi connectivity index (χ2n) is 5.45. The molecule has 0 fully saturated rings. The van der Waals surface area contributed by atoms with Gasteiger partial charge in [0.25, 0.3) is 0 Å². The van der Waals surface area contributed by atoms with E-state index in [-0.39, 0.29) is 6.54 Å². The molecule has 0 heterocycles. The van der Waals surface area contributed by atoms with Gasteiger partial charge in [-0.05, 0) is 44.9 Å². The molecule has 0 aromatic heterocycles. The van der Waals surface area contributed by atoms with Gasteiger partial charge in [-0.3, -0.25) is 5.32 Å². The fraction of sp³-hybridized carbons (Fsp3) is 0.500. The number of benzene rings is 1. The number of hydrogen-bond acceptors (Lipinski definition) is 4. The molecule has 5 nitrogen and oxygen atoms in total. The monoisotopic (exact) mass is 266 g/mol. The Morgan fingerprint density at radius 1 is 1.47 bits per heavy atom. The van der Waals surface area contributed by atoms with Crippen LogP contribution in [-0.2, 0) is 4.74 Å². The van der Waals surface area contributed by atoms with Crippen LogP contribution in [0.4, 0.5) is 10.5 Å². The number of nitrogens with one attached hydrogen (secondary N) is 1. The highest BCUT2D eigenvalue weighted by Crippen LogP contribution is 2.21. The van der Waals surface area contributed by atoms with Crippen LogP contribution in [0.25, 0.3) is 0 Å². The lowest BCUT2D eigenvalue weighted by Crippen LogP contribution is -2.27. The van der Waals surface area contributed by atoms with Gasteiger partial charge in [-0.1, -0.05) is 12.1 Å². The number of amides is 1. The highest BCUT2D eigenvalue weighted by molar-refractivity contribution is 5.85. The first kappa shape index (κ1) is 15.5. The number of anilines is 1. The van der Waals surface area contributed by atoms with Gasteiger partial charge in [0, 0.05) is 12.2 Å². The minimum absolute atomic E-state index is 0.165. The van der Waals surface area contributed by atoms with E-state index in [0.29, 0.717) is 5.69 Å². The zero-order chi connectivity index (χ0) is 14.6. The Morgan fingerprint density at radius 3 is 2.58 bits per heavy atom. The van der Waals surface area contributed by atoms with Crippen LogP contribution in [0.15, 0.2) is 18.2 Å². The molecule has 0 spiro atoms. The van der Waals surface area contributed by atoms with E-state index in [4.69, 9.17) is 10.5 Å². The number of carbonyl (C=O) groups excluding carboxylic acids is 1. The first-order valence-corrected chi connectivity index (χ1v) is 6.21. The highest BCUT2D eigenvalue weighted by Gasteiger charge is 2.17. The standard InChI is InChI=1S/C14H22N2O3/c1-9-7-10(12(17)8-15)5-6-11(9)16-13(18)19-14(2,3)4/h5-7,12,17H,8,15H2,1-4H3,(H,16,18)/t12-/m0/s1. The van der Waals surface area contributed by atoms with E-state index in [2.05, 4.69) is 5.32 Å². The lowest BCUT2D eigenvalue weighted by molar-refractivity contribution is 0.0636. The minimum atomic E-state index is -0.686. The quantitative estimate of drug-likeness (QED) is 0.784. The van der Waals surface area contributed by atoms with Gasteiger partial charge in [0.2, 0.25) is 0 Å². The molecular formula is C14H22N2O3. The number of rotatable bonds is 3. The molecule has 0 unspecified atom stereocenters. The first-order chi connectivity index (χ1) is 8.73. The van der Waals surface area contributed by atoms with Crippen molar-refractivity contribution in [3.8, 4) is 0 Å².